The molecule has 0 radical (unpaired) electrons. The molecular weight excluding hydrogens is 200 g/mol. The highest BCUT2D eigenvalue weighted by Crippen LogP contribution is 2.14. The van der Waals surface area contributed by atoms with Gasteiger partial charge in [0.2, 0.25) is 0 Å². The summed E-state index contributed by atoms with van der Waals surface area (Å²) in [6.07, 6.45) is 2.02. The molecule has 1 heterocycles. The topological polar surface area (TPSA) is 52.6 Å². The third-order valence-corrected chi connectivity index (χ3v) is 3.12. The number of thioether (sulfide) groups is 1. The fraction of sp³-hybridized carbons (Fsp3) is 0.889. The molecule has 5 heteroatoms. The lowest BCUT2D eigenvalue weighted by Crippen LogP contribution is -2.56. The molecule has 0 aromatic carbocycles. The second kappa shape index (κ2) is 5.46. The van der Waals surface area contributed by atoms with Crippen molar-refractivity contribution in [3.63, 3.8) is 0 Å². The van der Waals surface area contributed by atoms with Crippen LogP contribution in [0.25, 0.3) is 0 Å². The quantitative estimate of drug-likeness (QED) is 0.717. The van der Waals surface area contributed by atoms with Gasteiger partial charge in [-0.05, 0) is 13.2 Å². The molecule has 1 aliphatic rings. The van der Waals surface area contributed by atoms with E-state index in [9.17, 15) is 4.79 Å². The first-order valence-corrected chi connectivity index (χ1v) is 6.22. The molecule has 0 spiro atoms. The Balaban J connectivity index is 2.17. The molecule has 1 aliphatic heterocycles. The van der Waals surface area contributed by atoms with E-state index in [0.29, 0.717) is 13.1 Å². The van der Waals surface area contributed by atoms with Crippen LogP contribution in [0.15, 0.2) is 0 Å². The van der Waals surface area contributed by atoms with Gasteiger partial charge < -0.3 is 15.3 Å². The van der Waals surface area contributed by atoms with E-state index < -0.39 is 0 Å². The minimum absolute atomic E-state index is 0.00347. The highest BCUT2D eigenvalue weighted by atomic mass is 32.2. The van der Waals surface area contributed by atoms with Crippen molar-refractivity contribution in [3.8, 4) is 0 Å². The summed E-state index contributed by atoms with van der Waals surface area (Å²) in [6.45, 7) is 3.56. The normalized spacial score (nSPS) is 18.9. The van der Waals surface area contributed by atoms with E-state index in [1.165, 1.54) is 0 Å². The number of amides is 2. The van der Waals surface area contributed by atoms with Crippen molar-refractivity contribution < 1.29 is 9.90 Å². The van der Waals surface area contributed by atoms with Crippen LogP contribution in [0.2, 0.25) is 0 Å². The number of hydrogen-bond acceptors (Lipinski definition) is 3. The van der Waals surface area contributed by atoms with E-state index in [1.807, 2.05) is 13.2 Å². The second-order valence-corrected chi connectivity index (χ2v) is 4.67. The smallest absolute Gasteiger partial charge is 0.317 e. The zero-order valence-electron chi connectivity index (χ0n) is 8.69. The largest absolute Gasteiger partial charge is 0.396 e. The summed E-state index contributed by atoms with van der Waals surface area (Å²) in [4.78, 5) is 13.2. The van der Waals surface area contributed by atoms with Crippen LogP contribution in [0.4, 0.5) is 4.79 Å². The Bertz CT molecular complexity index is 195. The average Bonchev–Trinajstić information content (AvgIpc) is 2.02. The Hall–Kier alpha value is -0.420. The SMILES string of the molecule is CSCC(C)NC(=O)N1CC(CO)C1. The van der Waals surface area contributed by atoms with Crippen LogP contribution in [0, 0.1) is 5.92 Å². The number of nitrogens with zero attached hydrogens (tertiary/aromatic N) is 1. The lowest BCUT2D eigenvalue weighted by molar-refractivity contribution is 0.0768. The number of aliphatic hydroxyl groups excluding tert-OH is 1. The standard InChI is InChI=1S/C9H18N2O2S/c1-7(6-14-2)10-9(13)11-3-8(4-11)5-12/h7-8,12H,3-6H2,1-2H3,(H,10,13). The molecule has 1 rings (SSSR count). The number of nitrogens with one attached hydrogen (secondary N) is 1. The highest BCUT2D eigenvalue weighted by molar-refractivity contribution is 7.98. The molecule has 1 atom stereocenters. The van der Waals surface area contributed by atoms with Crippen molar-refractivity contribution in [2.75, 3.05) is 31.7 Å². The van der Waals surface area contributed by atoms with Gasteiger partial charge in [-0.15, -0.1) is 0 Å². The van der Waals surface area contributed by atoms with Gasteiger partial charge in [0.1, 0.15) is 0 Å². The van der Waals surface area contributed by atoms with Crippen LogP contribution in [0.1, 0.15) is 6.92 Å². The van der Waals surface area contributed by atoms with E-state index in [-0.39, 0.29) is 24.6 Å². The van der Waals surface area contributed by atoms with Crippen molar-refractivity contribution in [1.82, 2.24) is 10.2 Å². The molecule has 2 N–H and O–H groups in total. The van der Waals surface area contributed by atoms with Crippen molar-refractivity contribution >= 4 is 17.8 Å². The summed E-state index contributed by atoms with van der Waals surface area (Å²) >= 11 is 1.72. The Labute approximate surface area is 89.0 Å². The van der Waals surface area contributed by atoms with Crippen molar-refractivity contribution in [1.29, 1.82) is 0 Å². The minimum atomic E-state index is -0.00347. The predicted molar refractivity (Wildman–Crippen MR) is 58.5 cm³/mol. The highest BCUT2D eigenvalue weighted by Gasteiger charge is 2.30. The van der Waals surface area contributed by atoms with Crippen LogP contribution >= 0.6 is 11.8 Å². The van der Waals surface area contributed by atoms with Gasteiger partial charge in [0.25, 0.3) is 0 Å². The van der Waals surface area contributed by atoms with Crippen LogP contribution < -0.4 is 5.32 Å². The van der Waals surface area contributed by atoms with Crippen molar-refractivity contribution in [2.45, 2.75) is 13.0 Å². The summed E-state index contributed by atoms with van der Waals surface area (Å²) < 4.78 is 0. The first-order chi connectivity index (χ1) is 6.67. The molecule has 0 saturated carbocycles. The summed E-state index contributed by atoms with van der Waals surface area (Å²) in [5, 5.41) is 11.7. The number of carbonyl (C=O) groups excluding carboxylic acids is 1. The molecule has 0 aliphatic carbocycles. The van der Waals surface area contributed by atoms with Crippen molar-refractivity contribution in [2.24, 2.45) is 5.92 Å². The molecule has 82 valence electrons. The number of aliphatic hydroxyl groups is 1. The maximum atomic E-state index is 11.5. The van der Waals surface area contributed by atoms with Gasteiger partial charge in [0, 0.05) is 37.4 Å². The molecule has 1 unspecified atom stereocenters. The van der Waals surface area contributed by atoms with Gasteiger partial charge in [0.05, 0.1) is 0 Å². The zero-order valence-corrected chi connectivity index (χ0v) is 9.51. The Morgan fingerprint density at radius 3 is 2.86 bits per heavy atom. The van der Waals surface area contributed by atoms with E-state index in [1.54, 1.807) is 16.7 Å². The fourth-order valence-electron chi connectivity index (χ4n) is 1.44. The molecule has 1 saturated heterocycles. The maximum absolute atomic E-state index is 11.5. The van der Waals surface area contributed by atoms with E-state index in [0.717, 1.165) is 5.75 Å². The molecule has 4 nitrogen and oxygen atoms in total. The van der Waals surface area contributed by atoms with E-state index >= 15 is 0 Å². The average molecular weight is 218 g/mol. The van der Waals surface area contributed by atoms with Crippen molar-refractivity contribution in [3.05, 3.63) is 0 Å². The van der Waals surface area contributed by atoms with Gasteiger partial charge in [-0.3, -0.25) is 0 Å². The van der Waals surface area contributed by atoms with Gasteiger partial charge in [-0.2, -0.15) is 11.8 Å². The first kappa shape index (κ1) is 11.7. The molecule has 14 heavy (non-hydrogen) atoms. The van der Waals surface area contributed by atoms with Crippen LogP contribution in [-0.4, -0.2) is 53.8 Å². The third kappa shape index (κ3) is 3.06. The second-order valence-electron chi connectivity index (χ2n) is 3.76. The monoisotopic (exact) mass is 218 g/mol. The zero-order chi connectivity index (χ0) is 10.6. The van der Waals surface area contributed by atoms with E-state index in [4.69, 9.17) is 5.11 Å². The molecule has 1 fully saturated rings. The molecular formula is C9H18N2O2S. The Morgan fingerprint density at radius 1 is 1.71 bits per heavy atom. The summed E-state index contributed by atoms with van der Waals surface area (Å²) in [5.74, 6) is 1.22. The Kier molecular flexibility index (Phi) is 4.54. The number of hydrogen-bond donors (Lipinski definition) is 2. The summed E-state index contributed by atoms with van der Waals surface area (Å²) in [6, 6.07) is 0.210. The van der Waals surface area contributed by atoms with Crippen LogP contribution in [-0.2, 0) is 0 Å². The maximum Gasteiger partial charge on any atom is 0.317 e. The summed E-state index contributed by atoms with van der Waals surface area (Å²) in [5.41, 5.74) is 0. The first-order valence-electron chi connectivity index (χ1n) is 4.82. The Morgan fingerprint density at radius 2 is 2.36 bits per heavy atom. The number of urea groups is 1. The van der Waals surface area contributed by atoms with Gasteiger partial charge in [-0.25, -0.2) is 4.79 Å². The van der Waals surface area contributed by atoms with Gasteiger partial charge >= 0.3 is 6.03 Å². The molecule has 0 bridgehead atoms. The van der Waals surface area contributed by atoms with Crippen LogP contribution in [0.5, 0.6) is 0 Å². The third-order valence-electron chi connectivity index (χ3n) is 2.29. The van der Waals surface area contributed by atoms with Crippen LogP contribution in [0.3, 0.4) is 0 Å². The molecule has 2 amide bonds. The van der Waals surface area contributed by atoms with Gasteiger partial charge in [-0.1, -0.05) is 0 Å². The number of rotatable bonds is 4. The molecule has 0 aromatic heterocycles. The fourth-order valence-corrected chi connectivity index (χ4v) is 2.03. The minimum Gasteiger partial charge on any atom is -0.396 e. The number of carbonyl (C=O) groups is 1. The lowest BCUT2D eigenvalue weighted by Gasteiger charge is -2.38. The predicted octanol–water partition coefficient (Wildman–Crippen LogP) is 0.372. The van der Waals surface area contributed by atoms with Gasteiger partial charge in [0.15, 0.2) is 0 Å². The molecule has 0 aromatic rings. The summed E-state index contributed by atoms with van der Waals surface area (Å²) in [7, 11) is 0. The number of likely N-dealkylation sites (tertiary alicyclic amines) is 1. The van der Waals surface area contributed by atoms with E-state index in [2.05, 4.69) is 5.32 Å². The lowest BCUT2D eigenvalue weighted by atomic mass is 10.0.